The number of carbonyl (C=O) groups excluding carboxylic acids is 2. The zero-order valence-electron chi connectivity index (χ0n) is 33.0. The van der Waals surface area contributed by atoms with Crippen LogP contribution in [0, 0.1) is 23.7 Å². The Hall–Kier alpha value is -3.93. The molecule has 2 unspecified atom stereocenters. The summed E-state index contributed by atoms with van der Waals surface area (Å²) in [7, 11) is -7.61. The molecule has 2 fully saturated rings. The van der Waals surface area contributed by atoms with Gasteiger partial charge in [0.25, 0.3) is 0 Å². The van der Waals surface area contributed by atoms with Crippen molar-refractivity contribution in [2.75, 3.05) is 33.6 Å². The Morgan fingerprint density at radius 3 is 1.53 bits per heavy atom. The van der Waals surface area contributed by atoms with Crippen molar-refractivity contribution in [1.82, 2.24) is 9.97 Å². The van der Waals surface area contributed by atoms with Crippen LogP contribution >= 0.6 is 23.5 Å². The molecule has 2 aromatic heterocycles. The number of aromatic nitrogens is 2. The Balaban J connectivity index is 1.21. The minimum Gasteiger partial charge on any atom is -0.324 e. The molecule has 0 saturated heterocycles. The van der Waals surface area contributed by atoms with E-state index in [4.69, 9.17) is 0 Å². The van der Waals surface area contributed by atoms with Gasteiger partial charge in [-0.1, -0.05) is 62.8 Å². The molecule has 2 aliphatic rings. The molecule has 2 heterocycles. The number of halogens is 3. The van der Waals surface area contributed by atoms with Crippen LogP contribution in [0.3, 0.4) is 0 Å². The van der Waals surface area contributed by atoms with Crippen molar-refractivity contribution in [1.29, 1.82) is 0 Å². The van der Waals surface area contributed by atoms with Gasteiger partial charge in [0, 0.05) is 23.9 Å². The fourth-order valence-corrected chi connectivity index (χ4v) is 13.5. The first-order valence-electron chi connectivity index (χ1n) is 20.2. The number of nitrogens with zero attached hydrogens (tertiary/aromatic N) is 2. The molecule has 2 aliphatic carbocycles. The zero-order valence-corrected chi connectivity index (χ0v) is 36.2. The third-order valence-corrected chi connectivity index (χ3v) is 17.1. The maximum atomic E-state index is 14.8. The van der Waals surface area contributed by atoms with Gasteiger partial charge in [0.15, 0.2) is 19.7 Å². The number of anilines is 2. The van der Waals surface area contributed by atoms with E-state index in [0.717, 1.165) is 94.2 Å². The molecule has 6 rings (SSSR count). The second-order valence-corrected chi connectivity index (χ2v) is 21.6. The van der Waals surface area contributed by atoms with Crippen LogP contribution < -0.4 is 10.6 Å². The average Bonchev–Trinajstić information content (AvgIpc) is 3.24. The van der Waals surface area contributed by atoms with Gasteiger partial charge >= 0.3 is 6.18 Å². The number of thioether (sulfide) groups is 2. The molecule has 10 nitrogen and oxygen atoms in total. The SMILES string of the molecule is O=C(Nc1cccnc1SCCS(=O)(=O)c1ccccc1)C(C1CCCCC1)C(C(=O)Nc1cccnc1SCCS(=O)(=O)c1cccc(C(F)(F)F)c1)C1CCCCC1. The number of carbonyl (C=O) groups is 2. The number of benzene rings is 2. The van der Waals surface area contributed by atoms with Crippen LogP contribution in [0.15, 0.2) is 111 Å². The van der Waals surface area contributed by atoms with Gasteiger partial charge in [-0.25, -0.2) is 26.8 Å². The molecule has 2 amide bonds. The van der Waals surface area contributed by atoms with E-state index in [0.29, 0.717) is 27.5 Å². The van der Waals surface area contributed by atoms with Gasteiger partial charge in [0.05, 0.1) is 50.1 Å². The first kappa shape index (κ1) is 45.6. The van der Waals surface area contributed by atoms with E-state index in [1.807, 2.05) is 0 Å². The van der Waals surface area contributed by atoms with Gasteiger partial charge in [-0.3, -0.25) is 9.59 Å². The lowest BCUT2D eigenvalue weighted by Gasteiger charge is -2.39. The summed E-state index contributed by atoms with van der Waals surface area (Å²) in [6.45, 7) is 0. The first-order valence-corrected chi connectivity index (χ1v) is 25.5. The number of alkyl halides is 3. The highest BCUT2D eigenvalue weighted by Gasteiger charge is 2.44. The zero-order chi connectivity index (χ0) is 42.8. The lowest BCUT2D eigenvalue weighted by atomic mass is 9.66. The van der Waals surface area contributed by atoms with Crippen molar-refractivity contribution in [3.05, 3.63) is 96.8 Å². The Morgan fingerprint density at radius 2 is 1.07 bits per heavy atom. The molecule has 2 N–H and O–H groups in total. The number of pyridine rings is 2. The second-order valence-electron chi connectivity index (χ2n) is 15.2. The van der Waals surface area contributed by atoms with Crippen LogP contribution in [0.25, 0.3) is 0 Å². The van der Waals surface area contributed by atoms with E-state index in [1.165, 1.54) is 18.0 Å². The van der Waals surface area contributed by atoms with Gasteiger partial charge < -0.3 is 10.6 Å². The summed E-state index contributed by atoms with van der Waals surface area (Å²) in [4.78, 5) is 38.2. The molecule has 0 aliphatic heterocycles. The topological polar surface area (TPSA) is 152 Å². The summed E-state index contributed by atoms with van der Waals surface area (Å²) >= 11 is 2.30. The highest BCUT2D eigenvalue weighted by atomic mass is 32.2. The van der Waals surface area contributed by atoms with Crippen LogP contribution in [-0.4, -0.2) is 61.6 Å². The van der Waals surface area contributed by atoms with Gasteiger partial charge in [0.2, 0.25) is 11.8 Å². The fourth-order valence-electron chi connectivity index (χ4n) is 8.19. The molecular formula is C43H49F3N4O6S4. The maximum Gasteiger partial charge on any atom is 0.416 e. The average molecular weight is 903 g/mol. The molecule has 0 bridgehead atoms. The van der Waals surface area contributed by atoms with Crippen molar-refractivity contribution in [2.45, 2.75) is 90.2 Å². The molecule has 0 radical (unpaired) electrons. The van der Waals surface area contributed by atoms with E-state index >= 15 is 0 Å². The highest BCUT2D eigenvalue weighted by Crippen LogP contribution is 2.43. The van der Waals surface area contributed by atoms with Gasteiger partial charge in [0.1, 0.15) is 10.1 Å². The summed E-state index contributed by atoms with van der Waals surface area (Å²) in [5.41, 5.74) is -0.256. The van der Waals surface area contributed by atoms with Crippen LogP contribution in [0.5, 0.6) is 0 Å². The minimum atomic E-state index is -4.69. The van der Waals surface area contributed by atoms with E-state index in [1.54, 1.807) is 60.8 Å². The van der Waals surface area contributed by atoms with Gasteiger partial charge in [-0.2, -0.15) is 13.2 Å². The van der Waals surface area contributed by atoms with Crippen molar-refractivity contribution in [3.63, 3.8) is 0 Å². The standard InChI is InChI=1S/C43H49F3N4O6S4/c44-43(45,46)32-17-10-20-34(29-32)60(55,56)28-26-58-42-36(22-12-24-48-42)50-40(52)38(31-15-6-2-7-16-31)37(30-13-4-1-5-14-30)39(51)49-35-21-11-23-47-41(35)57-25-27-59(53,54)33-18-8-3-9-19-33/h3,8-12,17-24,29-31,37-38H,1-2,4-7,13-16,25-28H2,(H,49,51)(H,50,52). The van der Waals surface area contributed by atoms with Crippen LogP contribution in [0.1, 0.15) is 69.8 Å². The largest absolute Gasteiger partial charge is 0.416 e. The first-order chi connectivity index (χ1) is 28.7. The van der Waals surface area contributed by atoms with Crippen molar-refractivity contribution >= 4 is 66.4 Å². The smallest absolute Gasteiger partial charge is 0.324 e. The number of hydrogen-bond acceptors (Lipinski definition) is 10. The summed E-state index contributed by atoms with van der Waals surface area (Å²) < 4.78 is 92.0. The van der Waals surface area contributed by atoms with Gasteiger partial charge in [-0.15, -0.1) is 23.5 Å². The normalized spacial score (nSPS) is 16.8. The molecule has 60 heavy (non-hydrogen) atoms. The van der Waals surface area contributed by atoms with E-state index in [2.05, 4.69) is 20.6 Å². The summed E-state index contributed by atoms with van der Waals surface area (Å²) in [5, 5.41) is 7.00. The molecular weight excluding hydrogens is 854 g/mol. The van der Waals surface area contributed by atoms with Crippen molar-refractivity contribution in [2.24, 2.45) is 23.7 Å². The Kier molecular flexibility index (Phi) is 15.8. The predicted molar refractivity (Wildman–Crippen MR) is 229 cm³/mol. The van der Waals surface area contributed by atoms with Crippen LogP contribution in [0.2, 0.25) is 0 Å². The van der Waals surface area contributed by atoms with Gasteiger partial charge in [-0.05, 0) is 92.1 Å². The number of nitrogens with one attached hydrogen (secondary N) is 2. The summed E-state index contributed by atoms with van der Waals surface area (Å²) in [5.74, 6) is -2.56. The monoisotopic (exact) mass is 902 g/mol. The lowest BCUT2D eigenvalue weighted by Crippen LogP contribution is -2.45. The number of sulfone groups is 2. The molecule has 17 heteroatoms. The Labute approximate surface area is 358 Å². The van der Waals surface area contributed by atoms with E-state index in [9.17, 15) is 39.6 Å². The number of amides is 2. The van der Waals surface area contributed by atoms with E-state index < -0.39 is 53.9 Å². The fraction of sp³-hybridized carbons (Fsp3) is 0.442. The molecule has 2 atom stereocenters. The van der Waals surface area contributed by atoms with Crippen LogP contribution in [-0.2, 0) is 35.4 Å². The third-order valence-electron chi connectivity index (χ3n) is 11.2. The molecule has 2 aromatic carbocycles. The number of rotatable bonds is 17. The maximum absolute atomic E-state index is 14.8. The molecule has 2 saturated carbocycles. The predicted octanol–water partition coefficient (Wildman–Crippen LogP) is 9.60. The lowest BCUT2D eigenvalue weighted by molar-refractivity contribution is -0.137. The van der Waals surface area contributed by atoms with Crippen molar-refractivity contribution < 1.29 is 39.6 Å². The van der Waals surface area contributed by atoms with E-state index in [-0.39, 0.29) is 45.8 Å². The quantitative estimate of drug-likeness (QED) is 0.0981. The van der Waals surface area contributed by atoms with Crippen LogP contribution in [0.4, 0.5) is 24.5 Å². The minimum absolute atomic E-state index is 0.0404. The highest BCUT2D eigenvalue weighted by molar-refractivity contribution is 8.01. The summed E-state index contributed by atoms with van der Waals surface area (Å²) in [6.07, 6.45) is 7.34. The Bertz CT molecular complexity index is 2300. The number of hydrogen-bond donors (Lipinski definition) is 2. The molecule has 4 aromatic rings. The van der Waals surface area contributed by atoms with Crippen molar-refractivity contribution in [3.8, 4) is 0 Å². The second kappa shape index (κ2) is 20.8. The molecule has 322 valence electrons. The summed E-state index contributed by atoms with van der Waals surface area (Å²) in [6, 6.07) is 18.6. The Morgan fingerprint density at radius 1 is 0.617 bits per heavy atom. The third kappa shape index (κ3) is 12.1. The molecule has 0 spiro atoms.